The summed E-state index contributed by atoms with van der Waals surface area (Å²) in [7, 11) is 0. The number of ether oxygens (including phenoxy) is 1. The summed E-state index contributed by atoms with van der Waals surface area (Å²) in [5.74, 6) is 0.438. The Morgan fingerprint density at radius 1 is 0.955 bits per heavy atom. The Morgan fingerprint density at radius 2 is 1.59 bits per heavy atom. The van der Waals surface area contributed by atoms with Crippen LogP contribution in [0.3, 0.4) is 0 Å². The third-order valence-electron chi connectivity index (χ3n) is 2.88. The van der Waals surface area contributed by atoms with Gasteiger partial charge in [-0.2, -0.15) is 30.3 Å². The van der Waals surface area contributed by atoms with E-state index in [0.717, 1.165) is 12.0 Å². The molecule has 0 fully saturated rings. The smallest absolute Gasteiger partial charge is 0.518 e. The molecule has 0 aliphatic rings. The van der Waals surface area contributed by atoms with Gasteiger partial charge in [0.05, 0.1) is 0 Å². The number of benzene rings is 1. The van der Waals surface area contributed by atoms with E-state index in [1.165, 1.54) is 0 Å². The van der Waals surface area contributed by atoms with Crippen molar-refractivity contribution in [2.75, 3.05) is 0 Å². The van der Waals surface area contributed by atoms with Crippen LogP contribution in [0.2, 0.25) is 0 Å². The molecule has 114 valence electrons. The molecule has 0 saturated heterocycles. The van der Waals surface area contributed by atoms with Crippen LogP contribution in [0.1, 0.15) is 12.0 Å². The van der Waals surface area contributed by atoms with Gasteiger partial charge in [0, 0.05) is 12.2 Å². The number of rotatable bonds is 4. The first-order valence-corrected chi connectivity index (χ1v) is 6.97. The fraction of sp³-hybridized carbons (Fsp3) is 0.105. The van der Waals surface area contributed by atoms with E-state index in [9.17, 15) is 4.79 Å². The van der Waals surface area contributed by atoms with E-state index >= 15 is 0 Å². The summed E-state index contributed by atoms with van der Waals surface area (Å²) >= 11 is 0. The van der Waals surface area contributed by atoms with Crippen LogP contribution >= 0.6 is 0 Å². The van der Waals surface area contributed by atoms with Gasteiger partial charge in [-0.1, -0.05) is 30.3 Å². The fourth-order valence-corrected chi connectivity index (χ4v) is 1.82. The van der Waals surface area contributed by atoms with E-state index in [1.54, 1.807) is 12.1 Å². The Kier molecular flexibility index (Phi) is 8.66. The van der Waals surface area contributed by atoms with Crippen LogP contribution in [0, 0.1) is 0 Å². The first-order chi connectivity index (χ1) is 10.3. The van der Waals surface area contributed by atoms with Crippen LogP contribution in [-0.2, 0) is 28.3 Å². The van der Waals surface area contributed by atoms with Crippen molar-refractivity contribution in [3.63, 3.8) is 0 Å². The van der Waals surface area contributed by atoms with Crippen molar-refractivity contribution < 1.29 is 26.6 Å². The van der Waals surface area contributed by atoms with Crippen molar-refractivity contribution in [1.29, 1.82) is 0 Å². The quantitative estimate of drug-likeness (QED) is 0.403. The van der Waals surface area contributed by atoms with Crippen LogP contribution in [-0.4, -0.2) is 5.97 Å². The first-order valence-electron chi connectivity index (χ1n) is 6.97. The minimum atomic E-state index is -0.185. The van der Waals surface area contributed by atoms with E-state index < -0.39 is 0 Å². The van der Waals surface area contributed by atoms with Gasteiger partial charge in [-0.3, -0.25) is 0 Å². The van der Waals surface area contributed by atoms with Crippen LogP contribution in [0.15, 0.2) is 84.9 Å². The van der Waals surface area contributed by atoms with Crippen LogP contribution in [0.5, 0.6) is 5.75 Å². The van der Waals surface area contributed by atoms with Crippen molar-refractivity contribution in [3.8, 4) is 5.75 Å². The van der Waals surface area contributed by atoms with E-state index in [-0.39, 0.29) is 23.0 Å². The summed E-state index contributed by atoms with van der Waals surface area (Å²) in [4.78, 5) is 11.5. The number of carbonyl (C=O) groups is 1. The summed E-state index contributed by atoms with van der Waals surface area (Å²) in [5, 5.41) is 0. The molecule has 3 heteroatoms. The number of hydrogen-bond acceptors (Lipinski definition) is 2. The Morgan fingerprint density at radius 3 is 2.14 bits per heavy atom. The van der Waals surface area contributed by atoms with Crippen molar-refractivity contribution in [2.24, 2.45) is 0 Å². The molecule has 3 aromatic rings. The molecule has 2 nitrogen and oxygen atoms in total. The van der Waals surface area contributed by atoms with Crippen molar-refractivity contribution in [1.82, 2.24) is 0 Å². The van der Waals surface area contributed by atoms with Crippen LogP contribution < -0.4 is 4.74 Å². The van der Waals surface area contributed by atoms with Crippen LogP contribution in [0.25, 0.3) is 0 Å². The molecule has 3 aromatic carbocycles. The summed E-state index contributed by atoms with van der Waals surface area (Å²) in [5.41, 5.74) is 1.15. The normalized spacial score (nSPS) is 9.09. The average Bonchev–Trinajstić information content (AvgIpc) is 3.22. The first kappa shape index (κ1) is 18.0. The predicted molar refractivity (Wildman–Crippen MR) is 84.5 cm³/mol. The molecule has 0 radical (unpaired) electrons. The number of esters is 1. The summed E-state index contributed by atoms with van der Waals surface area (Å²) < 4.78 is 5.14. The SMILES string of the molecule is O=C(CCc1ccccc1)O[c-]1cccc1.[Fe+2].c1cc[cH-]c1. The zero-order chi connectivity index (χ0) is 14.8. The van der Waals surface area contributed by atoms with Gasteiger partial charge in [0.2, 0.25) is 5.97 Å². The van der Waals surface area contributed by atoms with Gasteiger partial charge in [0.1, 0.15) is 0 Å². The topological polar surface area (TPSA) is 26.3 Å². The molecule has 3 rings (SSSR count). The summed E-state index contributed by atoms with van der Waals surface area (Å²) in [6.07, 6.45) is 1.13. The van der Waals surface area contributed by atoms with Gasteiger partial charge in [-0.15, -0.1) is 12.1 Å². The third kappa shape index (κ3) is 7.07. The Bertz CT molecular complexity index is 581. The van der Waals surface area contributed by atoms with Gasteiger partial charge in [-0.05, 0) is 12.0 Å². The zero-order valence-corrected chi connectivity index (χ0v) is 13.3. The predicted octanol–water partition coefficient (Wildman–Crippen LogP) is 4.35. The molecule has 0 aliphatic heterocycles. The van der Waals surface area contributed by atoms with E-state index in [4.69, 9.17) is 4.74 Å². The summed E-state index contributed by atoms with van der Waals surface area (Å²) in [6.45, 7) is 0. The van der Waals surface area contributed by atoms with Gasteiger partial charge in [0.15, 0.2) is 0 Å². The van der Waals surface area contributed by atoms with E-state index in [0.29, 0.717) is 12.2 Å². The molecule has 22 heavy (non-hydrogen) atoms. The second-order valence-electron chi connectivity index (χ2n) is 4.54. The Balaban J connectivity index is 0.000000344. The van der Waals surface area contributed by atoms with E-state index in [2.05, 4.69) is 0 Å². The number of hydrogen-bond donors (Lipinski definition) is 0. The van der Waals surface area contributed by atoms with Crippen LogP contribution in [0.4, 0.5) is 0 Å². The minimum Gasteiger partial charge on any atom is -0.518 e. The van der Waals surface area contributed by atoms with E-state index in [1.807, 2.05) is 72.8 Å². The third-order valence-corrected chi connectivity index (χ3v) is 2.88. The van der Waals surface area contributed by atoms with Gasteiger partial charge in [-0.25, -0.2) is 12.1 Å². The standard InChI is InChI=1S/C14H13O2.C5H5.Fe/c15-14(16-13-8-4-5-9-13)11-10-12-6-2-1-3-7-12;1-2-4-5-3-1;/h1-9H,10-11H2;1-5H;/q2*-1;+2. The molecule has 0 N–H and O–H groups in total. The molecular weight excluding hydrogens is 316 g/mol. The van der Waals surface area contributed by atoms with Crippen molar-refractivity contribution >= 4 is 5.97 Å². The molecule has 0 amide bonds. The minimum absolute atomic E-state index is 0. The maximum Gasteiger partial charge on any atom is 2.00 e. The maximum absolute atomic E-state index is 11.5. The number of carbonyl (C=O) groups excluding carboxylic acids is 1. The molecule has 0 aliphatic carbocycles. The monoisotopic (exact) mass is 334 g/mol. The number of aryl methyl sites for hydroxylation is 1. The average molecular weight is 334 g/mol. The molecule has 0 unspecified atom stereocenters. The second-order valence-corrected chi connectivity index (χ2v) is 4.54. The molecule has 0 spiro atoms. The molecule has 0 aromatic heterocycles. The molecule has 0 saturated carbocycles. The Labute approximate surface area is 141 Å². The largest absolute Gasteiger partial charge is 2.00 e. The molecule has 0 atom stereocenters. The zero-order valence-electron chi connectivity index (χ0n) is 12.2. The fourth-order valence-electron chi connectivity index (χ4n) is 1.82. The van der Waals surface area contributed by atoms with Gasteiger partial charge >= 0.3 is 17.1 Å². The van der Waals surface area contributed by atoms with Gasteiger partial charge in [0.25, 0.3) is 0 Å². The maximum atomic E-state index is 11.5. The molecule has 0 bridgehead atoms. The molecule has 0 heterocycles. The summed E-state index contributed by atoms with van der Waals surface area (Å²) in [6, 6.07) is 27.2. The van der Waals surface area contributed by atoms with Crippen molar-refractivity contribution in [2.45, 2.75) is 12.8 Å². The molecular formula is C19H18FeO2. The van der Waals surface area contributed by atoms with Gasteiger partial charge < -0.3 is 9.53 Å². The van der Waals surface area contributed by atoms with Crippen molar-refractivity contribution in [3.05, 3.63) is 90.5 Å². The second kappa shape index (κ2) is 10.6. The Hall–Kier alpha value is -2.09.